The van der Waals surface area contributed by atoms with Crippen LogP contribution < -0.4 is 0 Å². The summed E-state index contributed by atoms with van der Waals surface area (Å²) in [5.74, 6) is 0.702. The Labute approximate surface area is 407 Å². The molecule has 0 N–H and O–H groups in total. The maximum atomic E-state index is 5.17. The van der Waals surface area contributed by atoms with Gasteiger partial charge in [-0.2, -0.15) is 0 Å². The predicted molar refractivity (Wildman–Crippen MR) is 293 cm³/mol. The van der Waals surface area contributed by atoms with Gasteiger partial charge < -0.3 is 9.13 Å². The molecule has 4 nitrogen and oxygen atoms in total. The topological polar surface area (TPSA) is 35.6 Å². The number of hydrogen-bond acceptors (Lipinski definition) is 2. The minimum Gasteiger partial charge on any atom is -0.309 e. The van der Waals surface area contributed by atoms with Crippen LogP contribution in [0.1, 0.15) is 11.1 Å². The molecule has 0 atom stereocenters. The van der Waals surface area contributed by atoms with E-state index in [9.17, 15) is 0 Å². The second kappa shape index (κ2) is 16.9. The first-order chi connectivity index (χ1) is 34.5. The summed E-state index contributed by atoms with van der Waals surface area (Å²) in [6, 6.07) is 87.6. The van der Waals surface area contributed by atoms with Crippen LogP contribution in [0.4, 0.5) is 0 Å². The van der Waals surface area contributed by atoms with E-state index in [1.807, 2.05) is 12.1 Å². The van der Waals surface area contributed by atoms with Gasteiger partial charge in [-0.25, -0.2) is 9.97 Å². The van der Waals surface area contributed by atoms with Crippen molar-refractivity contribution in [2.24, 2.45) is 0 Å². The van der Waals surface area contributed by atoms with E-state index in [1.54, 1.807) is 0 Å². The molecule has 0 spiro atoms. The van der Waals surface area contributed by atoms with Crippen LogP contribution >= 0.6 is 0 Å². The van der Waals surface area contributed by atoms with Crippen LogP contribution in [0.2, 0.25) is 0 Å². The van der Waals surface area contributed by atoms with Gasteiger partial charge in [-0.3, -0.25) is 0 Å². The highest BCUT2D eigenvalue weighted by Crippen LogP contribution is 2.40. The van der Waals surface area contributed by atoms with Crippen molar-refractivity contribution in [3.05, 3.63) is 254 Å². The lowest BCUT2D eigenvalue weighted by atomic mass is 9.97. The third-order valence-corrected chi connectivity index (χ3v) is 13.9. The maximum Gasteiger partial charge on any atom is 0.160 e. The van der Waals surface area contributed by atoms with Crippen LogP contribution in [0.15, 0.2) is 243 Å². The molecule has 0 amide bonds. The van der Waals surface area contributed by atoms with Gasteiger partial charge in [0.2, 0.25) is 0 Å². The zero-order chi connectivity index (χ0) is 46.7. The van der Waals surface area contributed by atoms with Crippen molar-refractivity contribution in [3.63, 3.8) is 0 Å². The van der Waals surface area contributed by atoms with E-state index in [0.29, 0.717) is 5.82 Å². The van der Waals surface area contributed by atoms with Crippen molar-refractivity contribution >= 4 is 43.6 Å². The smallest absolute Gasteiger partial charge is 0.160 e. The summed E-state index contributed by atoms with van der Waals surface area (Å²) in [6.07, 6.45) is 0. The number of rotatable bonds is 8. The lowest BCUT2D eigenvalue weighted by Crippen LogP contribution is -1.96. The quantitative estimate of drug-likeness (QED) is 0.152. The second-order valence-corrected chi connectivity index (χ2v) is 18.4. The SMILES string of the molecule is Cc1ccc(-n2c3ccc(-c4ccccc4)cc3c3cc(-c4cccc(-c5ccc(-n6c7ccc(C)cc7c7cc(-c8nc(-c9ccccc9)cc(-c9ccccc9)n8)ccc76)cc5)c4)ccc32)cc1. The molecule has 70 heavy (non-hydrogen) atoms. The highest BCUT2D eigenvalue weighted by molar-refractivity contribution is 6.12. The van der Waals surface area contributed by atoms with E-state index >= 15 is 0 Å². The number of benzene rings is 10. The predicted octanol–water partition coefficient (Wildman–Crippen LogP) is 17.3. The Morgan fingerprint density at radius 3 is 1.16 bits per heavy atom. The van der Waals surface area contributed by atoms with Crippen molar-refractivity contribution < 1.29 is 0 Å². The summed E-state index contributed by atoms with van der Waals surface area (Å²) < 4.78 is 4.79. The van der Waals surface area contributed by atoms with Gasteiger partial charge in [0.1, 0.15) is 0 Å². The summed E-state index contributed by atoms with van der Waals surface area (Å²) in [7, 11) is 0. The molecule has 0 saturated carbocycles. The molecule has 13 aromatic rings. The Balaban J connectivity index is 0.873. The number of aromatic nitrogens is 4. The van der Waals surface area contributed by atoms with Crippen molar-refractivity contribution in [1.82, 2.24) is 19.1 Å². The Kier molecular flexibility index (Phi) is 9.91. The van der Waals surface area contributed by atoms with Crippen molar-refractivity contribution in [2.45, 2.75) is 13.8 Å². The monoisotopic (exact) mass is 894 g/mol. The Hall–Kier alpha value is -9.12. The number of hydrogen-bond donors (Lipinski definition) is 0. The highest BCUT2D eigenvalue weighted by atomic mass is 15.0. The van der Waals surface area contributed by atoms with E-state index in [-0.39, 0.29) is 0 Å². The third-order valence-electron chi connectivity index (χ3n) is 13.9. The summed E-state index contributed by atoms with van der Waals surface area (Å²) in [5.41, 5.74) is 21.4. The molecule has 0 saturated heterocycles. The zero-order valence-corrected chi connectivity index (χ0v) is 38.9. The lowest BCUT2D eigenvalue weighted by Gasteiger charge is -2.11. The van der Waals surface area contributed by atoms with Crippen molar-refractivity contribution in [1.29, 1.82) is 0 Å². The van der Waals surface area contributed by atoms with Gasteiger partial charge >= 0.3 is 0 Å². The molecule has 10 aromatic carbocycles. The van der Waals surface area contributed by atoms with E-state index in [0.717, 1.165) is 55.9 Å². The van der Waals surface area contributed by atoms with Crippen LogP contribution in [0.5, 0.6) is 0 Å². The molecular weight excluding hydrogens is 849 g/mol. The molecule has 4 heteroatoms. The van der Waals surface area contributed by atoms with Crippen LogP contribution in [0, 0.1) is 13.8 Å². The van der Waals surface area contributed by atoms with Gasteiger partial charge in [-0.1, -0.05) is 163 Å². The van der Waals surface area contributed by atoms with Gasteiger partial charge in [0.05, 0.1) is 33.5 Å². The molecule has 330 valence electrons. The first kappa shape index (κ1) is 41.1. The van der Waals surface area contributed by atoms with Gasteiger partial charge in [0, 0.05) is 49.6 Å². The molecule has 0 aliphatic heterocycles. The molecule has 3 aromatic heterocycles. The van der Waals surface area contributed by atoms with Gasteiger partial charge in [0.15, 0.2) is 5.82 Å². The van der Waals surface area contributed by atoms with Crippen LogP contribution in [-0.2, 0) is 0 Å². The standard InChI is InChI=1S/C66H46N4/c1-43-21-29-54(30-22-43)69-63-34-26-51(45-13-6-3-7-14-45)39-57(63)58-40-52(27-35-64(58)69)50-20-12-19-49(38-50)46-24-31-55(32-25-46)70-62-33-23-44(2)37-56(62)59-41-53(28-36-65(59)70)66-67-60(47-15-8-4-9-16-47)42-61(68-66)48-17-10-5-11-18-48/h3-42H,1-2H3. The lowest BCUT2D eigenvalue weighted by molar-refractivity contribution is 1.17. The normalized spacial score (nSPS) is 11.6. The van der Waals surface area contributed by atoms with Crippen LogP contribution in [0.3, 0.4) is 0 Å². The molecule has 0 fully saturated rings. The Bertz CT molecular complexity index is 4030. The fourth-order valence-electron chi connectivity index (χ4n) is 10.3. The van der Waals surface area contributed by atoms with Crippen molar-refractivity contribution in [3.8, 4) is 78.7 Å². The molecule has 13 rings (SSSR count). The molecule has 3 heterocycles. The second-order valence-electron chi connectivity index (χ2n) is 18.4. The van der Waals surface area contributed by atoms with E-state index in [2.05, 4.69) is 254 Å². The molecule has 0 unspecified atom stereocenters. The minimum atomic E-state index is 0.702. The summed E-state index contributed by atoms with van der Waals surface area (Å²) in [6.45, 7) is 4.31. The summed E-state index contributed by atoms with van der Waals surface area (Å²) >= 11 is 0. The molecular formula is C66H46N4. The van der Waals surface area contributed by atoms with E-state index in [1.165, 1.54) is 71.7 Å². The van der Waals surface area contributed by atoms with Crippen LogP contribution in [-0.4, -0.2) is 19.1 Å². The van der Waals surface area contributed by atoms with Gasteiger partial charge in [0.25, 0.3) is 0 Å². The number of nitrogens with zero attached hydrogens (tertiary/aromatic N) is 4. The molecule has 0 bridgehead atoms. The largest absolute Gasteiger partial charge is 0.309 e. The van der Waals surface area contributed by atoms with Crippen LogP contribution in [0.25, 0.3) is 122 Å². The summed E-state index contributed by atoms with van der Waals surface area (Å²) in [5, 5.41) is 4.84. The summed E-state index contributed by atoms with van der Waals surface area (Å²) in [4.78, 5) is 10.3. The maximum absolute atomic E-state index is 5.17. The average molecular weight is 895 g/mol. The van der Waals surface area contributed by atoms with Gasteiger partial charge in [-0.15, -0.1) is 0 Å². The fraction of sp³-hybridized carbons (Fsp3) is 0.0303. The molecule has 0 aliphatic carbocycles. The highest BCUT2D eigenvalue weighted by Gasteiger charge is 2.18. The number of aryl methyl sites for hydroxylation is 2. The third kappa shape index (κ3) is 7.26. The van der Waals surface area contributed by atoms with E-state index in [4.69, 9.17) is 9.97 Å². The first-order valence-electron chi connectivity index (χ1n) is 24.0. The fourth-order valence-corrected chi connectivity index (χ4v) is 10.3. The van der Waals surface area contributed by atoms with Crippen molar-refractivity contribution in [2.75, 3.05) is 0 Å². The molecule has 0 aliphatic rings. The van der Waals surface area contributed by atoms with Gasteiger partial charge in [-0.05, 0) is 138 Å². The average Bonchev–Trinajstić information content (AvgIpc) is 3.93. The molecule has 0 radical (unpaired) electrons. The van der Waals surface area contributed by atoms with E-state index < -0.39 is 0 Å². The first-order valence-corrected chi connectivity index (χ1v) is 24.0. The minimum absolute atomic E-state index is 0.702. The zero-order valence-electron chi connectivity index (χ0n) is 38.9. The number of fused-ring (bicyclic) bond motifs is 6. The Morgan fingerprint density at radius 1 is 0.257 bits per heavy atom. The Morgan fingerprint density at radius 2 is 0.614 bits per heavy atom.